The molecule has 3 aliphatic heterocycles. The molecule has 13 heteroatoms. The number of hydrogen-bond acceptors (Lipinski definition) is 12. The summed E-state index contributed by atoms with van der Waals surface area (Å²) in [6, 6.07) is 46.5. The van der Waals surface area contributed by atoms with Gasteiger partial charge in [0.05, 0.1) is 57.5 Å². The molecule has 0 saturated heterocycles. The van der Waals surface area contributed by atoms with Crippen molar-refractivity contribution in [3.8, 4) is 45.7 Å². The molecule has 0 amide bonds. The normalized spacial score (nSPS) is 15.6. The Labute approximate surface area is 521 Å². The van der Waals surface area contributed by atoms with Gasteiger partial charge in [-0.1, -0.05) is 223 Å². The molecule has 0 spiro atoms. The fraction of sp³-hybridized carbons (Fsp3) is 0.289. The minimum absolute atomic E-state index is 0.116. The third kappa shape index (κ3) is 13.0. The lowest BCUT2D eigenvalue weighted by atomic mass is 9.86. The van der Waals surface area contributed by atoms with Gasteiger partial charge >= 0.3 is 0 Å². The SMILES string of the molecule is C#Cc1ccc(C2=N[C@@H](CC(=O)C(C)(C)C)c3onc(C)c3-c3ccccc32)cc1.Cc1ccc(C2=N[C@@H](CC(=O)C(C)(C)C)c3onc(C)c3-c3ccccc32)cc1.[C-]#[N+]c1ccc(C2=N[C@@H](CC(=O)C(C)(C)C)c3onc(C)c3-c3ccccc32)cc1. The van der Waals surface area contributed by atoms with E-state index < -0.39 is 34.4 Å². The van der Waals surface area contributed by atoms with Gasteiger partial charge in [0.15, 0.2) is 23.0 Å². The van der Waals surface area contributed by atoms with Crippen LogP contribution >= 0.6 is 0 Å². The zero-order chi connectivity index (χ0) is 63.7. The van der Waals surface area contributed by atoms with Gasteiger partial charge in [-0.15, -0.1) is 6.42 Å². The summed E-state index contributed by atoms with van der Waals surface area (Å²) in [5.41, 5.74) is 17.8. The minimum atomic E-state index is -0.471. The smallest absolute Gasteiger partial charge is 0.187 e. The highest BCUT2D eigenvalue weighted by molar-refractivity contribution is 6.19. The van der Waals surface area contributed by atoms with Gasteiger partial charge in [0.25, 0.3) is 0 Å². The number of terminal acetylenes is 1. The van der Waals surface area contributed by atoms with Crippen molar-refractivity contribution >= 4 is 40.2 Å². The maximum Gasteiger partial charge on any atom is 0.187 e. The number of ketones is 3. The predicted molar refractivity (Wildman–Crippen MR) is 351 cm³/mol. The highest BCUT2D eigenvalue weighted by atomic mass is 16.5. The van der Waals surface area contributed by atoms with Crippen LogP contribution in [0.5, 0.6) is 0 Å². The van der Waals surface area contributed by atoms with Gasteiger partial charge < -0.3 is 13.6 Å². The lowest BCUT2D eigenvalue weighted by Gasteiger charge is -2.19. The fourth-order valence-corrected chi connectivity index (χ4v) is 11.1. The quantitative estimate of drug-likeness (QED) is 0.101. The Morgan fingerprint density at radius 2 is 0.719 bits per heavy atom. The van der Waals surface area contributed by atoms with E-state index in [1.807, 2.05) is 174 Å². The van der Waals surface area contributed by atoms with Crippen LogP contribution in [0.25, 0.3) is 38.2 Å². The lowest BCUT2D eigenvalue weighted by Crippen LogP contribution is -2.22. The number of carbonyl (C=O) groups is 3. The second-order valence-corrected chi connectivity index (χ2v) is 26.0. The van der Waals surface area contributed by atoms with Gasteiger partial charge in [-0.25, -0.2) is 4.85 Å². The van der Waals surface area contributed by atoms with Crippen molar-refractivity contribution < 1.29 is 28.0 Å². The number of aryl methyl sites for hydroxylation is 4. The van der Waals surface area contributed by atoms with Crippen molar-refractivity contribution in [2.24, 2.45) is 31.2 Å². The van der Waals surface area contributed by atoms with Gasteiger partial charge in [-0.3, -0.25) is 29.4 Å². The summed E-state index contributed by atoms with van der Waals surface area (Å²) in [5, 5.41) is 12.6. The number of aromatic nitrogens is 3. The van der Waals surface area contributed by atoms with Gasteiger partial charge in [0.1, 0.15) is 35.5 Å². The molecule has 89 heavy (non-hydrogen) atoms. The molecule has 12 rings (SSSR count). The second-order valence-electron chi connectivity index (χ2n) is 26.0. The first-order chi connectivity index (χ1) is 42.3. The van der Waals surface area contributed by atoms with Crippen LogP contribution in [0.1, 0.15) is 179 Å². The number of fused-ring (bicyclic) bond motifs is 9. The lowest BCUT2D eigenvalue weighted by molar-refractivity contribution is -0.127. The molecule has 13 nitrogen and oxygen atoms in total. The molecule has 3 aromatic heterocycles. The number of nitrogens with zero attached hydrogens (tertiary/aromatic N) is 7. The Morgan fingerprint density at radius 3 is 1.00 bits per heavy atom. The molecule has 448 valence electrons. The molecule has 0 N–H and O–H groups in total. The molecular formula is C76H73N7O6. The molecular weight excluding hydrogens is 1110 g/mol. The predicted octanol–water partition coefficient (Wildman–Crippen LogP) is 17.5. The number of hydrogen-bond donors (Lipinski definition) is 0. The van der Waals surface area contributed by atoms with E-state index in [9.17, 15) is 14.4 Å². The number of benzene rings is 6. The first kappa shape index (κ1) is 62.1. The highest BCUT2D eigenvalue weighted by Gasteiger charge is 2.37. The van der Waals surface area contributed by atoms with Gasteiger partial charge in [-0.05, 0) is 62.1 Å². The van der Waals surface area contributed by atoms with Gasteiger partial charge in [0, 0.05) is 68.9 Å². The van der Waals surface area contributed by atoms with E-state index in [0.29, 0.717) is 23.0 Å². The molecule has 3 aliphatic rings. The first-order valence-electron chi connectivity index (χ1n) is 30.0. The van der Waals surface area contributed by atoms with Gasteiger partial charge in [-0.2, -0.15) is 0 Å². The first-order valence-corrected chi connectivity index (χ1v) is 30.0. The van der Waals surface area contributed by atoms with Crippen LogP contribution in [0.4, 0.5) is 5.69 Å². The third-order valence-electron chi connectivity index (χ3n) is 16.4. The van der Waals surface area contributed by atoms with Crippen molar-refractivity contribution in [2.75, 3.05) is 0 Å². The maximum absolute atomic E-state index is 12.9. The zero-order valence-electron chi connectivity index (χ0n) is 52.9. The molecule has 0 bridgehead atoms. The fourth-order valence-electron chi connectivity index (χ4n) is 11.1. The average molecular weight is 1180 g/mol. The summed E-state index contributed by atoms with van der Waals surface area (Å²) < 4.78 is 17.2. The van der Waals surface area contributed by atoms with Crippen LogP contribution in [0, 0.1) is 62.9 Å². The van der Waals surface area contributed by atoms with Crippen LogP contribution in [0.2, 0.25) is 0 Å². The monoisotopic (exact) mass is 1180 g/mol. The van der Waals surface area contributed by atoms with Crippen molar-refractivity contribution in [2.45, 2.75) is 127 Å². The molecule has 0 unspecified atom stereocenters. The van der Waals surface area contributed by atoms with Crippen LogP contribution in [0.3, 0.4) is 0 Å². The van der Waals surface area contributed by atoms with Crippen LogP contribution in [0.15, 0.2) is 174 Å². The van der Waals surface area contributed by atoms with E-state index in [1.165, 1.54) is 5.56 Å². The summed E-state index contributed by atoms with van der Waals surface area (Å²) in [6.45, 7) is 32.4. The Hall–Kier alpha value is -9.98. The second kappa shape index (κ2) is 25.0. The van der Waals surface area contributed by atoms with E-state index in [1.54, 1.807) is 12.1 Å². The van der Waals surface area contributed by atoms with Crippen LogP contribution in [-0.4, -0.2) is 50.0 Å². The molecule has 3 atom stereocenters. The molecule has 0 radical (unpaired) electrons. The summed E-state index contributed by atoms with van der Waals surface area (Å²) in [6.07, 6.45) is 6.30. The van der Waals surface area contributed by atoms with E-state index in [2.05, 4.69) is 75.6 Å². The topological polar surface area (TPSA) is 171 Å². The molecule has 6 heterocycles. The van der Waals surface area contributed by atoms with Crippen molar-refractivity contribution in [3.63, 3.8) is 0 Å². The number of aliphatic imine (C=N–C) groups is 3. The van der Waals surface area contributed by atoms with E-state index in [0.717, 1.165) is 107 Å². The summed E-state index contributed by atoms with van der Waals surface area (Å²) in [5.74, 6) is 5.00. The largest absolute Gasteiger partial charge is 0.358 e. The zero-order valence-corrected chi connectivity index (χ0v) is 52.9. The molecule has 0 fully saturated rings. The van der Waals surface area contributed by atoms with Crippen molar-refractivity contribution in [1.82, 2.24) is 15.5 Å². The summed E-state index contributed by atoms with van der Waals surface area (Å²) in [7, 11) is 0. The number of carbonyl (C=O) groups excluding carboxylic acids is 3. The van der Waals surface area contributed by atoms with E-state index in [4.69, 9.17) is 41.5 Å². The van der Waals surface area contributed by atoms with Crippen molar-refractivity contribution in [1.29, 1.82) is 0 Å². The summed E-state index contributed by atoms with van der Waals surface area (Å²) in [4.78, 5) is 57.4. The maximum atomic E-state index is 12.9. The van der Waals surface area contributed by atoms with Crippen LogP contribution in [-0.2, 0) is 14.4 Å². The average Bonchev–Trinajstić information content (AvgIpc) is 1.68. The van der Waals surface area contributed by atoms with Crippen LogP contribution < -0.4 is 0 Å². The molecule has 6 aromatic carbocycles. The Morgan fingerprint density at radius 1 is 0.438 bits per heavy atom. The summed E-state index contributed by atoms with van der Waals surface area (Å²) >= 11 is 0. The third-order valence-corrected chi connectivity index (χ3v) is 16.4. The van der Waals surface area contributed by atoms with Gasteiger partial charge in [0.2, 0.25) is 0 Å². The molecule has 9 aromatic rings. The Kier molecular flexibility index (Phi) is 17.5. The Balaban J connectivity index is 0.000000147. The number of rotatable bonds is 9. The Bertz CT molecular complexity index is 4170. The molecule has 0 aliphatic carbocycles. The minimum Gasteiger partial charge on any atom is -0.358 e. The standard InChI is InChI=1S/C26H24N2O2.C25H23N3O2.C25H26N2O2/c1-6-17-11-13-18(14-12-17)24-20-10-8-7-9-19(20)23-16(2)28-30-25(23)21(27-24)15-22(29)26(3,4)5;1-15-22-18-8-6-7-9-19(18)23(16-10-12-17(26-5)13-11-16)27-20(24(22)30-28-15)14-21(29)25(2,3)4;1-15-10-12-17(13-11-15)23-19-9-7-6-8-18(19)22-16(2)27-29-24(22)20(26-23)14-21(28)25(3,4)5/h1,7-14,21H,15H2,2-5H3;6-13,20H,14H2,1-4H3;6-13,20H,14H2,1-5H3/t21-;2*20-/m000/s1. The van der Waals surface area contributed by atoms with E-state index in [-0.39, 0.29) is 36.6 Å². The molecule has 0 saturated carbocycles. The van der Waals surface area contributed by atoms with Crippen molar-refractivity contribution in [3.05, 3.63) is 236 Å². The highest BCUT2D eigenvalue weighted by Crippen LogP contribution is 2.45. The number of Topliss-reactive ketones (excluding diaryl/α,β-unsaturated/α-hetero) is 3. The van der Waals surface area contributed by atoms with E-state index >= 15 is 0 Å².